The van der Waals surface area contributed by atoms with Crippen molar-refractivity contribution in [3.05, 3.63) is 21.9 Å². The summed E-state index contributed by atoms with van der Waals surface area (Å²) in [6, 6.07) is 1.45. The van der Waals surface area contributed by atoms with Gasteiger partial charge in [-0.2, -0.15) is 4.68 Å². The average Bonchev–Trinajstić information content (AvgIpc) is 2.68. The van der Waals surface area contributed by atoms with Gasteiger partial charge < -0.3 is 19.8 Å². The molecule has 1 aromatic heterocycles. The van der Waals surface area contributed by atoms with Gasteiger partial charge in [-0.15, -0.1) is 0 Å². The highest BCUT2D eigenvalue weighted by Gasteiger charge is 2.40. The first-order valence-electron chi connectivity index (χ1n) is 7.61. The first-order valence-corrected chi connectivity index (χ1v) is 7.61. The van der Waals surface area contributed by atoms with E-state index in [0.717, 1.165) is 5.69 Å². The molecule has 8 heteroatoms. The molecule has 0 aromatic carbocycles. The number of ether oxygens (including phenoxy) is 1. The number of rotatable bonds is 2. The zero-order valence-corrected chi connectivity index (χ0v) is 14.5. The Morgan fingerprint density at radius 2 is 1.87 bits per heavy atom. The fourth-order valence-corrected chi connectivity index (χ4v) is 2.39. The van der Waals surface area contributed by atoms with Crippen LogP contribution in [-0.4, -0.2) is 44.4 Å². The van der Waals surface area contributed by atoms with Crippen LogP contribution >= 0.6 is 0 Å². The van der Waals surface area contributed by atoms with Gasteiger partial charge >= 0.3 is 11.9 Å². The number of hydrogen-bond acceptors (Lipinski definition) is 5. The lowest BCUT2D eigenvalue weighted by atomic mass is 9.91. The van der Waals surface area contributed by atoms with Crippen LogP contribution in [0.1, 0.15) is 53.3 Å². The highest BCUT2D eigenvalue weighted by atomic mass is 16.6. The molecule has 1 fully saturated rings. The van der Waals surface area contributed by atoms with E-state index in [1.165, 1.54) is 6.07 Å². The molecule has 0 saturated carbocycles. The van der Waals surface area contributed by atoms with Crippen molar-refractivity contribution < 1.29 is 14.5 Å². The third kappa shape index (κ3) is 3.80. The van der Waals surface area contributed by atoms with Gasteiger partial charge in [-0.25, -0.2) is 4.79 Å². The van der Waals surface area contributed by atoms with E-state index in [4.69, 9.17) is 4.74 Å². The summed E-state index contributed by atoms with van der Waals surface area (Å²) in [6.07, 6.45) is -0.368. The van der Waals surface area contributed by atoms with Crippen LogP contribution in [0.15, 0.2) is 6.07 Å². The summed E-state index contributed by atoms with van der Waals surface area (Å²) in [5.41, 5.74) is -0.0189. The number of aromatic nitrogens is 2. The number of nitrogens with zero attached hydrogens (tertiary/aromatic N) is 4. The van der Waals surface area contributed by atoms with E-state index < -0.39 is 10.5 Å². The van der Waals surface area contributed by atoms with Crippen LogP contribution < -0.4 is 0 Å². The molecule has 1 saturated heterocycles. The summed E-state index contributed by atoms with van der Waals surface area (Å²) >= 11 is 0. The molecule has 2 heterocycles. The molecule has 2 rings (SSSR count). The number of hydrogen-bond donors (Lipinski definition) is 0. The van der Waals surface area contributed by atoms with Crippen LogP contribution in [0.3, 0.4) is 0 Å². The van der Waals surface area contributed by atoms with Crippen LogP contribution in [0.2, 0.25) is 0 Å². The molecule has 0 bridgehead atoms. The normalized spacial score (nSPS) is 16.2. The molecule has 0 atom stereocenters. The van der Waals surface area contributed by atoms with Crippen molar-refractivity contribution in [1.29, 1.82) is 0 Å². The van der Waals surface area contributed by atoms with Gasteiger partial charge in [-0.1, -0.05) is 20.8 Å². The van der Waals surface area contributed by atoms with Crippen LogP contribution in [-0.2, 0) is 10.2 Å². The number of nitro groups is 1. The molecule has 8 nitrogen and oxygen atoms in total. The third-order valence-electron chi connectivity index (χ3n) is 3.54. The molecule has 0 radical (unpaired) electrons. The lowest BCUT2D eigenvalue weighted by molar-refractivity contribution is -0.389. The van der Waals surface area contributed by atoms with Crippen LogP contribution in [0.4, 0.5) is 10.6 Å². The molecule has 128 valence electrons. The molecule has 1 amide bonds. The van der Waals surface area contributed by atoms with Crippen molar-refractivity contribution in [3.8, 4) is 0 Å². The molecule has 0 aliphatic carbocycles. The van der Waals surface area contributed by atoms with Crippen molar-refractivity contribution in [2.75, 3.05) is 13.1 Å². The topological polar surface area (TPSA) is 90.5 Å². The van der Waals surface area contributed by atoms with Gasteiger partial charge in [0, 0.05) is 5.41 Å². The molecule has 1 aliphatic heterocycles. The minimum absolute atomic E-state index is 0.0644. The molecule has 0 N–H and O–H groups in total. The van der Waals surface area contributed by atoms with E-state index in [-0.39, 0.29) is 23.4 Å². The molecule has 1 aliphatic rings. The summed E-state index contributed by atoms with van der Waals surface area (Å²) in [5.74, 6) is -0.161. The van der Waals surface area contributed by atoms with Crippen molar-refractivity contribution in [1.82, 2.24) is 14.7 Å². The number of carbonyl (C=O) groups is 1. The zero-order valence-electron chi connectivity index (χ0n) is 14.5. The van der Waals surface area contributed by atoms with E-state index >= 15 is 0 Å². The third-order valence-corrected chi connectivity index (χ3v) is 3.54. The Kier molecular flexibility index (Phi) is 4.13. The Morgan fingerprint density at radius 3 is 2.30 bits per heavy atom. The second-order valence-electron chi connectivity index (χ2n) is 7.88. The van der Waals surface area contributed by atoms with Crippen molar-refractivity contribution in [2.24, 2.45) is 0 Å². The van der Waals surface area contributed by atoms with E-state index in [2.05, 4.69) is 5.10 Å². The maximum Gasteiger partial charge on any atom is 0.410 e. The lowest BCUT2D eigenvalue weighted by Gasteiger charge is -2.39. The van der Waals surface area contributed by atoms with Gasteiger partial charge in [0.2, 0.25) is 0 Å². The van der Waals surface area contributed by atoms with Crippen LogP contribution in [0.25, 0.3) is 0 Å². The van der Waals surface area contributed by atoms with Gasteiger partial charge in [0.25, 0.3) is 0 Å². The molecule has 23 heavy (non-hydrogen) atoms. The highest BCUT2D eigenvalue weighted by Crippen LogP contribution is 2.32. The quantitative estimate of drug-likeness (QED) is 0.616. The number of likely N-dealkylation sites (tertiary alicyclic amines) is 1. The molecule has 0 unspecified atom stereocenters. The minimum Gasteiger partial charge on any atom is -0.444 e. The Labute approximate surface area is 135 Å². The van der Waals surface area contributed by atoms with Crippen molar-refractivity contribution in [2.45, 2.75) is 58.6 Å². The van der Waals surface area contributed by atoms with E-state index in [9.17, 15) is 14.9 Å². The lowest BCUT2D eigenvalue weighted by Crippen LogP contribution is -2.53. The van der Waals surface area contributed by atoms with E-state index in [1.54, 1.807) is 9.58 Å². The predicted octanol–water partition coefficient (Wildman–Crippen LogP) is 2.88. The maximum absolute atomic E-state index is 12.0. The van der Waals surface area contributed by atoms with Gasteiger partial charge in [-0.3, -0.25) is 0 Å². The fourth-order valence-electron chi connectivity index (χ4n) is 2.39. The van der Waals surface area contributed by atoms with E-state index in [0.29, 0.717) is 13.1 Å². The SMILES string of the molecule is CC(C)(C)OC(=O)N1CC(n2nc([N+](=O)[O-])cc2C(C)(C)C)C1. The van der Waals surface area contributed by atoms with Crippen molar-refractivity contribution in [3.63, 3.8) is 0 Å². The molecular weight excluding hydrogens is 300 g/mol. The maximum atomic E-state index is 12.0. The van der Waals surface area contributed by atoms with Crippen LogP contribution in [0.5, 0.6) is 0 Å². The number of carbonyl (C=O) groups excluding carboxylic acids is 1. The zero-order chi connectivity index (χ0) is 17.6. The average molecular weight is 324 g/mol. The van der Waals surface area contributed by atoms with Crippen molar-refractivity contribution >= 4 is 11.9 Å². The Balaban J connectivity index is 2.13. The first-order chi connectivity index (χ1) is 10.4. The first kappa shape index (κ1) is 17.2. The summed E-state index contributed by atoms with van der Waals surface area (Å²) in [7, 11) is 0. The molecule has 1 aromatic rings. The van der Waals surface area contributed by atoms with Gasteiger partial charge in [0.1, 0.15) is 11.6 Å². The molecular formula is C15H24N4O4. The Morgan fingerprint density at radius 1 is 1.30 bits per heavy atom. The summed E-state index contributed by atoms with van der Waals surface area (Å²) in [4.78, 5) is 24.1. The second-order valence-corrected chi connectivity index (χ2v) is 7.88. The Bertz CT molecular complexity index is 618. The Hall–Kier alpha value is -2.12. The summed E-state index contributed by atoms with van der Waals surface area (Å²) in [6.45, 7) is 12.3. The predicted molar refractivity (Wildman–Crippen MR) is 84.4 cm³/mol. The molecule has 0 spiro atoms. The van der Waals surface area contributed by atoms with Gasteiger partial charge in [0.05, 0.1) is 29.9 Å². The fraction of sp³-hybridized carbons (Fsp3) is 0.733. The second kappa shape index (κ2) is 5.50. The largest absolute Gasteiger partial charge is 0.444 e. The smallest absolute Gasteiger partial charge is 0.410 e. The monoisotopic (exact) mass is 324 g/mol. The summed E-state index contributed by atoms with van der Waals surface area (Å²) < 4.78 is 7.00. The standard InChI is InChI=1S/C15H24N4O4/c1-14(2,3)11-7-12(19(21)22)16-18(11)10-8-17(9-10)13(20)23-15(4,5)6/h7,10H,8-9H2,1-6H3. The summed E-state index contributed by atoms with van der Waals surface area (Å²) in [5, 5.41) is 15.1. The number of amides is 1. The van der Waals surface area contributed by atoms with Gasteiger partial charge in [0.15, 0.2) is 0 Å². The highest BCUT2D eigenvalue weighted by molar-refractivity contribution is 5.69. The van der Waals surface area contributed by atoms with Crippen LogP contribution in [0, 0.1) is 10.1 Å². The van der Waals surface area contributed by atoms with E-state index in [1.807, 2.05) is 41.5 Å². The van der Waals surface area contributed by atoms with Gasteiger partial charge in [-0.05, 0) is 25.7 Å². The minimum atomic E-state index is -0.538.